The molecule has 1 amide bonds. The van der Waals surface area contributed by atoms with Crippen LogP contribution in [0.4, 0.5) is 10.2 Å². The average Bonchev–Trinajstić information content (AvgIpc) is 2.84. The van der Waals surface area contributed by atoms with Gasteiger partial charge in [-0.1, -0.05) is 11.6 Å². The number of pyridine rings is 2. The van der Waals surface area contributed by atoms with Crippen LogP contribution < -0.4 is 20.9 Å². The summed E-state index contributed by atoms with van der Waals surface area (Å²) in [5.74, 6) is 0.753. The maximum Gasteiger partial charge on any atom is 0.263 e. The highest BCUT2D eigenvalue weighted by Crippen LogP contribution is 2.30. The molecule has 0 spiro atoms. The van der Waals surface area contributed by atoms with Gasteiger partial charge in [-0.25, -0.2) is 9.37 Å². The Hall–Kier alpha value is -2.43. The fourth-order valence-corrected chi connectivity index (χ4v) is 5.00. The number of hydrogen-bond acceptors (Lipinski definition) is 6. The van der Waals surface area contributed by atoms with E-state index < -0.39 is 0 Å². The molecule has 1 fully saturated rings. The number of piperidine rings is 1. The van der Waals surface area contributed by atoms with Crippen molar-refractivity contribution in [3.8, 4) is 5.75 Å². The third-order valence-corrected chi connectivity index (χ3v) is 6.88. The number of aromatic nitrogens is 2. The molecule has 8 nitrogen and oxygen atoms in total. The highest BCUT2D eigenvalue weighted by Gasteiger charge is 2.22. The van der Waals surface area contributed by atoms with Crippen LogP contribution in [0, 0.1) is 11.7 Å². The Kier molecular flexibility index (Phi) is 10.1. The van der Waals surface area contributed by atoms with Crippen molar-refractivity contribution in [3.63, 3.8) is 0 Å². The Morgan fingerprint density at radius 1 is 1.16 bits per heavy atom. The van der Waals surface area contributed by atoms with Crippen molar-refractivity contribution >= 4 is 59.0 Å². The number of halogens is 4. The molecule has 1 atom stereocenters. The van der Waals surface area contributed by atoms with Crippen molar-refractivity contribution < 1.29 is 13.9 Å². The Balaban J connectivity index is 0.00000190. The quantitative estimate of drug-likeness (QED) is 0.447. The first-order valence-corrected chi connectivity index (χ1v) is 12.2. The summed E-state index contributed by atoms with van der Waals surface area (Å²) in [6.07, 6.45) is 2.19. The lowest BCUT2D eigenvalue weighted by molar-refractivity contribution is -0.118. The summed E-state index contributed by atoms with van der Waals surface area (Å²) < 4.78 is 20.8. The lowest BCUT2D eigenvalue weighted by atomic mass is 9.98. The summed E-state index contributed by atoms with van der Waals surface area (Å²) in [5, 5.41) is 7.49. The largest absolute Gasteiger partial charge is 0.480 e. The standard InChI is InChI=1S/C25H27ClFN5O3.2ClH/c26-19-11-22-25(30-23(33)15-35-22)29-20(19)13-28-12-16-2-1-7-31(14-16)8-9-32-21-10-18(27)5-3-17(21)4-6-24(32)34;;/h3-6,10-11,16,28H,1-2,7-9,12-15H2,(H,29,30,33);2*1H/t16-;;/m0../s1. The maximum absolute atomic E-state index is 13.8. The molecule has 200 valence electrons. The first kappa shape index (κ1) is 29.1. The third-order valence-electron chi connectivity index (χ3n) is 6.55. The van der Waals surface area contributed by atoms with E-state index in [1.165, 1.54) is 12.1 Å². The fraction of sp³-hybridized carbons (Fsp3) is 0.400. The van der Waals surface area contributed by atoms with Gasteiger partial charge in [0.1, 0.15) is 5.82 Å². The van der Waals surface area contributed by atoms with E-state index in [2.05, 4.69) is 20.5 Å². The zero-order valence-electron chi connectivity index (χ0n) is 20.0. The van der Waals surface area contributed by atoms with Crippen molar-refractivity contribution in [3.05, 3.63) is 63.3 Å². The normalized spacial score (nSPS) is 17.2. The van der Waals surface area contributed by atoms with Gasteiger partial charge in [-0.2, -0.15) is 0 Å². The molecule has 1 aromatic carbocycles. The summed E-state index contributed by atoms with van der Waals surface area (Å²) in [6, 6.07) is 9.51. The van der Waals surface area contributed by atoms with Crippen LogP contribution in [-0.2, 0) is 17.9 Å². The fourth-order valence-electron chi connectivity index (χ4n) is 4.79. The van der Waals surface area contributed by atoms with E-state index in [9.17, 15) is 14.0 Å². The molecule has 12 heteroatoms. The number of rotatable bonds is 7. The van der Waals surface area contributed by atoms with Crippen LogP contribution in [0.25, 0.3) is 10.9 Å². The number of carbonyl (C=O) groups excluding carboxylic acids is 1. The van der Waals surface area contributed by atoms with Crippen molar-refractivity contribution in [1.82, 2.24) is 19.8 Å². The molecule has 2 aliphatic heterocycles. The second-order valence-electron chi connectivity index (χ2n) is 9.07. The van der Waals surface area contributed by atoms with E-state index in [1.807, 2.05) is 0 Å². The molecule has 2 aliphatic rings. The van der Waals surface area contributed by atoms with Gasteiger partial charge in [-0.3, -0.25) is 9.59 Å². The average molecular weight is 573 g/mol. The van der Waals surface area contributed by atoms with Gasteiger partial charge in [0.2, 0.25) is 0 Å². The van der Waals surface area contributed by atoms with Crippen LogP contribution in [0.15, 0.2) is 41.2 Å². The first-order valence-electron chi connectivity index (χ1n) is 11.8. The van der Waals surface area contributed by atoms with Gasteiger partial charge in [-0.15, -0.1) is 24.8 Å². The number of anilines is 1. The smallest absolute Gasteiger partial charge is 0.263 e. The molecule has 37 heavy (non-hydrogen) atoms. The Labute approximate surface area is 231 Å². The number of hydrogen-bond donors (Lipinski definition) is 2. The SMILES string of the molecule is Cl.Cl.O=C1COc2cc(Cl)c(CNC[C@@H]3CCCN(CCn4c(=O)ccc5ccc(F)cc54)C3)nc2N1. The molecule has 2 N–H and O–H groups in total. The minimum Gasteiger partial charge on any atom is -0.480 e. The van der Waals surface area contributed by atoms with Crippen molar-refractivity contribution in [2.45, 2.75) is 25.9 Å². The topological polar surface area (TPSA) is 88.5 Å². The van der Waals surface area contributed by atoms with Crippen molar-refractivity contribution in [2.24, 2.45) is 5.92 Å². The monoisotopic (exact) mass is 571 g/mol. The summed E-state index contributed by atoms with van der Waals surface area (Å²) >= 11 is 6.35. The van der Waals surface area contributed by atoms with Crippen LogP contribution in [0.5, 0.6) is 5.75 Å². The van der Waals surface area contributed by atoms with Gasteiger partial charge in [0.25, 0.3) is 11.5 Å². The molecule has 0 aliphatic carbocycles. The Morgan fingerprint density at radius 2 is 1.97 bits per heavy atom. The number of nitrogens with zero attached hydrogens (tertiary/aromatic N) is 3. The minimum atomic E-state index is -0.343. The zero-order valence-corrected chi connectivity index (χ0v) is 22.4. The van der Waals surface area contributed by atoms with Gasteiger partial charge in [0.15, 0.2) is 18.2 Å². The number of fused-ring (bicyclic) bond motifs is 2. The number of carbonyl (C=O) groups is 1. The number of benzene rings is 1. The maximum atomic E-state index is 13.8. The van der Waals surface area contributed by atoms with Crippen LogP contribution in [0.3, 0.4) is 0 Å². The molecule has 1 saturated heterocycles. The summed E-state index contributed by atoms with van der Waals surface area (Å²) in [6.45, 7) is 4.38. The molecular formula is C25H29Cl3FN5O3. The first-order chi connectivity index (χ1) is 17.0. The number of likely N-dealkylation sites (tertiary alicyclic amines) is 1. The Bertz CT molecular complexity index is 1320. The van der Waals surface area contributed by atoms with E-state index in [4.69, 9.17) is 16.3 Å². The zero-order chi connectivity index (χ0) is 24.4. The second-order valence-corrected chi connectivity index (χ2v) is 9.47. The number of ether oxygens (including phenoxy) is 1. The lowest BCUT2D eigenvalue weighted by Crippen LogP contribution is -2.41. The highest BCUT2D eigenvalue weighted by atomic mass is 35.5. The molecule has 0 bridgehead atoms. The van der Waals surface area contributed by atoms with Gasteiger partial charge < -0.3 is 24.8 Å². The van der Waals surface area contributed by atoms with E-state index in [0.29, 0.717) is 46.8 Å². The van der Waals surface area contributed by atoms with Crippen molar-refractivity contribution in [2.75, 3.05) is 38.1 Å². The predicted octanol–water partition coefficient (Wildman–Crippen LogP) is 3.87. The minimum absolute atomic E-state index is 0. The van der Waals surface area contributed by atoms with E-state index in [1.54, 1.807) is 28.8 Å². The van der Waals surface area contributed by atoms with Crippen LogP contribution in [0.1, 0.15) is 18.5 Å². The number of nitrogens with one attached hydrogen (secondary N) is 2. The van der Waals surface area contributed by atoms with E-state index >= 15 is 0 Å². The van der Waals surface area contributed by atoms with E-state index in [-0.39, 0.29) is 48.7 Å². The number of amides is 1. The van der Waals surface area contributed by atoms with Crippen LogP contribution >= 0.6 is 36.4 Å². The molecule has 2 aromatic heterocycles. The summed E-state index contributed by atoms with van der Waals surface area (Å²) in [4.78, 5) is 30.8. The summed E-state index contributed by atoms with van der Waals surface area (Å²) in [5.41, 5.74) is 1.17. The third kappa shape index (κ3) is 6.91. The van der Waals surface area contributed by atoms with E-state index in [0.717, 1.165) is 44.4 Å². The lowest BCUT2D eigenvalue weighted by Gasteiger charge is -2.33. The van der Waals surface area contributed by atoms with Crippen molar-refractivity contribution in [1.29, 1.82) is 0 Å². The van der Waals surface area contributed by atoms with Crippen LogP contribution in [-0.4, -0.2) is 53.1 Å². The Morgan fingerprint density at radius 3 is 2.81 bits per heavy atom. The second kappa shape index (κ2) is 12.9. The van der Waals surface area contributed by atoms with Gasteiger partial charge in [0, 0.05) is 38.3 Å². The highest BCUT2D eigenvalue weighted by molar-refractivity contribution is 6.31. The molecule has 0 saturated carbocycles. The summed E-state index contributed by atoms with van der Waals surface area (Å²) in [7, 11) is 0. The van der Waals surface area contributed by atoms with Gasteiger partial charge in [0.05, 0.1) is 16.2 Å². The van der Waals surface area contributed by atoms with Gasteiger partial charge >= 0.3 is 0 Å². The van der Waals surface area contributed by atoms with Gasteiger partial charge in [-0.05, 0) is 61.5 Å². The molecule has 0 unspecified atom stereocenters. The molecular weight excluding hydrogens is 544 g/mol. The molecule has 5 rings (SSSR count). The predicted molar refractivity (Wildman–Crippen MR) is 147 cm³/mol. The van der Waals surface area contributed by atoms with Crippen LogP contribution in [0.2, 0.25) is 5.02 Å². The molecule has 4 heterocycles. The molecule has 0 radical (unpaired) electrons. The molecule has 3 aromatic rings.